The summed E-state index contributed by atoms with van der Waals surface area (Å²) >= 11 is 0. The highest BCUT2D eigenvalue weighted by Crippen LogP contribution is 2.48. The molecule has 0 spiro atoms. The Morgan fingerprint density at radius 1 is 1.29 bits per heavy atom. The predicted molar refractivity (Wildman–Crippen MR) is 126 cm³/mol. The number of rotatable bonds is 6. The number of nitrogens with zero attached hydrogens (tertiary/aromatic N) is 6. The van der Waals surface area contributed by atoms with Gasteiger partial charge in [0.05, 0.1) is 12.3 Å². The molecule has 2 aliphatic rings. The van der Waals surface area contributed by atoms with Crippen molar-refractivity contribution in [3.63, 3.8) is 0 Å². The monoisotopic (exact) mass is 460 g/mol. The summed E-state index contributed by atoms with van der Waals surface area (Å²) in [5.74, 6) is 1.76. The zero-order valence-electron chi connectivity index (χ0n) is 19.6. The number of pyridine rings is 1. The summed E-state index contributed by atoms with van der Waals surface area (Å²) < 4.78 is 15.5. The Morgan fingerprint density at radius 3 is 2.88 bits per heavy atom. The predicted octanol–water partition coefficient (Wildman–Crippen LogP) is 4.82. The van der Waals surface area contributed by atoms with Crippen LogP contribution in [0.15, 0.2) is 36.8 Å². The van der Waals surface area contributed by atoms with Gasteiger partial charge in [-0.3, -0.25) is 9.20 Å². The van der Waals surface area contributed by atoms with Crippen molar-refractivity contribution in [3.8, 4) is 17.6 Å². The SMILES string of the molecule is CC1CCCC(N(C)c2ccnc(-c3cnc4ccc(F)cn34)n2)CC1CC(=O)C1(C#N)CC1. The lowest BCUT2D eigenvalue weighted by atomic mass is 9.81. The first-order valence-electron chi connectivity index (χ1n) is 12.0. The topological polar surface area (TPSA) is 87.2 Å². The highest BCUT2D eigenvalue weighted by Gasteiger charge is 2.50. The molecular formula is C26H29FN6O. The molecule has 3 heterocycles. The van der Waals surface area contributed by atoms with Crippen molar-refractivity contribution in [1.82, 2.24) is 19.4 Å². The van der Waals surface area contributed by atoms with Crippen molar-refractivity contribution in [3.05, 3.63) is 42.6 Å². The highest BCUT2D eigenvalue weighted by atomic mass is 19.1. The van der Waals surface area contributed by atoms with Gasteiger partial charge >= 0.3 is 0 Å². The van der Waals surface area contributed by atoms with Crippen molar-refractivity contribution in [2.75, 3.05) is 11.9 Å². The number of carbonyl (C=O) groups is 1. The molecule has 0 aromatic carbocycles. The van der Waals surface area contributed by atoms with E-state index in [2.05, 4.69) is 27.9 Å². The molecule has 0 saturated heterocycles. The van der Waals surface area contributed by atoms with Crippen molar-refractivity contribution in [1.29, 1.82) is 5.26 Å². The summed E-state index contributed by atoms with van der Waals surface area (Å²) in [6.45, 7) is 2.24. The lowest BCUT2D eigenvalue weighted by Crippen LogP contribution is -2.34. The van der Waals surface area contributed by atoms with Gasteiger partial charge in [0.2, 0.25) is 0 Å². The van der Waals surface area contributed by atoms with Gasteiger partial charge in [0.25, 0.3) is 0 Å². The summed E-state index contributed by atoms with van der Waals surface area (Å²) in [5, 5.41) is 9.43. The maximum Gasteiger partial charge on any atom is 0.180 e. The number of hydrogen-bond acceptors (Lipinski definition) is 6. The third-order valence-corrected chi connectivity index (χ3v) is 7.77. The molecule has 0 bridgehead atoms. The smallest absolute Gasteiger partial charge is 0.180 e. The van der Waals surface area contributed by atoms with E-state index in [1.807, 2.05) is 13.1 Å². The van der Waals surface area contributed by atoms with Gasteiger partial charge < -0.3 is 4.90 Å². The highest BCUT2D eigenvalue weighted by molar-refractivity contribution is 5.90. The van der Waals surface area contributed by atoms with E-state index in [0.29, 0.717) is 42.3 Å². The van der Waals surface area contributed by atoms with Gasteiger partial charge in [-0.25, -0.2) is 19.3 Å². The van der Waals surface area contributed by atoms with Crippen molar-refractivity contribution >= 4 is 17.2 Å². The summed E-state index contributed by atoms with van der Waals surface area (Å²) in [6.07, 6.45) is 10.8. The minimum Gasteiger partial charge on any atom is -0.357 e. The van der Waals surface area contributed by atoms with Crippen LogP contribution in [-0.2, 0) is 4.79 Å². The second-order valence-electron chi connectivity index (χ2n) is 9.95. The number of anilines is 1. The molecule has 0 radical (unpaired) electrons. The Bertz CT molecular complexity index is 1260. The standard InChI is InChI=1S/C26H29FN6O/c1-17-4-3-5-20(12-18(17)13-22(34)26(16-28)9-10-26)32(2)24-8-11-29-25(31-24)21-14-30-23-7-6-19(27)15-33(21)23/h6-8,11,14-15,17-18,20H,3-5,9-10,12-13H2,1-2H3. The van der Waals surface area contributed by atoms with E-state index < -0.39 is 5.41 Å². The Morgan fingerprint density at radius 2 is 2.12 bits per heavy atom. The molecular weight excluding hydrogens is 431 g/mol. The molecule has 8 heteroatoms. The van der Waals surface area contributed by atoms with Gasteiger partial charge in [-0.2, -0.15) is 5.26 Å². The van der Waals surface area contributed by atoms with Crippen LogP contribution in [0.3, 0.4) is 0 Å². The Balaban J connectivity index is 1.37. The molecule has 3 unspecified atom stereocenters. The number of Topliss-reactive ketones (excluding diaryl/α,β-unsaturated/α-hetero) is 1. The molecule has 3 aromatic heterocycles. The van der Waals surface area contributed by atoms with Crippen LogP contribution in [0.25, 0.3) is 17.2 Å². The second kappa shape index (κ2) is 8.79. The molecule has 0 amide bonds. The molecule has 0 aliphatic heterocycles. The first-order chi connectivity index (χ1) is 16.4. The molecule has 3 aromatic rings. The van der Waals surface area contributed by atoms with Gasteiger partial charge in [0, 0.05) is 31.9 Å². The van der Waals surface area contributed by atoms with E-state index in [0.717, 1.165) is 31.5 Å². The average Bonchev–Trinajstić information content (AvgIpc) is 3.58. The largest absolute Gasteiger partial charge is 0.357 e. The second-order valence-corrected chi connectivity index (χ2v) is 9.95. The Hall–Kier alpha value is -3.34. The van der Waals surface area contributed by atoms with Crippen LogP contribution in [-0.4, -0.2) is 38.2 Å². The van der Waals surface area contributed by atoms with Gasteiger partial charge in [-0.05, 0) is 55.7 Å². The Labute approximate surface area is 198 Å². The molecule has 3 atom stereocenters. The van der Waals surface area contributed by atoms with E-state index in [9.17, 15) is 14.4 Å². The van der Waals surface area contributed by atoms with Crippen LogP contribution in [0, 0.1) is 34.4 Å². The van der Waals surface area contributed by atoms with E-state index in [-0.39, 0.29) is 23.6 Å². The third-order valence-electron chi connectivity index (χ3n) is 7.77. The third kappa shape index (κ3) is 4.15. The number of halogens is 1. The van der Waals surface area contributed by atoms with E-state index in [4.69, 9.17) is 4.98 Å². The fourth-order valence-electron chi connectivity index (χ4n) is 5.23. The quantitative estimate of drug-likeness (QED) is 0.490. The van der Waals surface area contributed by atoms with Crippen LogP contribution in [0.5, 0.6) is 0 Å². The number of aromatic nitrogens is 4. The summed E-state index contributed by atoms with van der Waals surface area (Å²) in [4.78, 5) is 28.6. The normalized spacial score (nSPS) is 23.8. The summed E-state index contributed by atoms with van der Waals surface area (Å²) in [7, 11) is 2.04. The number of carbonyl (C=O) groups excluding carboxylic acids is 1. The number of ketones is 1. The fraction of sp³-hybridized carbons (Fsp3) is 0.500. The van der Waals surface area contributed by atoms with E-state index in [1.165, 1.54) is 12.3 Å². The molecule has 0 N–H and O–H groups in total. The lowest BCUT2D eigenvalue weighted by molar-refractivity contribution is -0.123. The van der Waals surface area contributed by atoms with E-state index in [1.54, 1.807) is 22.9 Å². The molecule has 2 fully saturated rings. The maximum absolute atomic E-state index is 13.8. The Kier molecular flexibility index (Phi) is 5.80. The number of fused-ring (bicyclic) bond motifs is 1. The minimum absolute atomic E-state index is 0.124. The molecule has 2 aliphatic carbocycles. The summed E-state index contributed by atoms with van der Waals surface area (Å²) in [5.41, 5.74) is 0.561. The molecule has 7 nitrogen and oxygen atoms in total. The fourth-order valence-corrected chi connectivity index (χ4v) is 5.23. The molecule has 34 heavy (non-hydrogen) atoms. The van der Waals surface area contributed by atoms with Gasteiger partial charge in [-0.15, -0.1) is 0 Å². The molecule has 2 saturated carbocycles. The van der Waals surface area contributed by atoms with Crippen molar-refractivity contribution in [2.45, 2.75) is 57.9 Å². The summed E-state index contributed by atoms with van der Waals surface area (Å²) in [6, 6.07) is 7.39. The van der Waals surface area contributed by atoms with Crippen LogP contribution < -0.4 is 4.90 Å². The van der Waals surface area contributed by atoms with Crippen LogP contribution in [0.1, 0.15) is 51.9 Å². The number of nitriles is 1. The first-order valence-corrected chi connectivity index (χ1v) is 12.0. The lowest BCUT2D eigenvalue weighted by Gasteiger charge is -2.31. The zero-order valence-corrected chi connectivity index (χ0v) is 19.6. The first kappa shape index (κ1) is 22.5. The van der Waals surface area contributed by atoms with Crippen molar-refractivity contribution in [2.24, 2.45) is 17.3 Å². The number of imidazole rings is 1. The van der Waals surface area contributed by atoms with Gasteiger partial charge in [0.15, 0.2) is 11.6 Å². The van der Waals surface area contributed by atoms with E-state index >= 15 is 0 Å². The average molecular weight is 461 g/mol. The minimum atomic E-state index is -0.706. The van der Waals surface area contributed by atoms with Crippen molar-refractivity contribution < 1.29 is 9.18 Å². The maximum atomic E-state index is 13.8. The van der Waals surface area contributed by atoms with Gasteiger partial charge in [-0.1, -0.05) is 19.8 Å². The van der Waals surface area contributed by atoms with Crippen LogP contribution in [0.4, 0.5) is 10.2 Å². The molecule has 5 rings (SSSR count). The zero-order chi connectivity index (χ0) is 23.9. The van der Waals surface area contributed by atoms with Crippen LogP contribution in [0.2, 0.25) is 0 Å². The molecule has 176 valence electrons. The van der Waals surface area contributed by atoms with Gasteiger partial charge in [0.1, 0.15) is 28.4 Å². The van der Waals surface area contributed by atoms with Crippen LogP contribution >= 0.6 is 0 Å². The number of hydrogen-bond donors (Lipinski definition) is 0.